The molecule has 20 atom stereocenters. The van der Waals surface area contributed by atoms with E-state index >= 15 is 0 Å². The first-order valence-electron chi connectivity index (χ1n) is 25.1. The van der Waals surface area contributed by atoms with Crippen LogP contribution in [0.3, 0.4) is 0 Å². The van der Waals surface area contributed by atoms with E-state index in [1.807, 2.05) is 0 Å². The second-order valence-corrected chi connectivity index (χ2v) is 30.6. The van der Waals surface area contributed by atoms with Crippen LogP contribution in [0.25, 0.3) is 0 Å². The van der Waals surface area contributed by atoms with Crippen LogP contribution in [0.15, 0.2) is 0 Å². The molecule has 0 amide bonds. The fourth-order valence-electron chi connectivity index (χ4n) is 19.0. The lowest BCUT2D eigenvalue weighted by molar-refractivity contribution is -0.0776. The number of halogens is 4. The van der Waals surface area contributed by atoms with E-state index in [9.17, 15) is 20.4 Å². The SMILES string of the molecule is CC1(C)[C@H]2O[C@H](CI)C[C@]23CC[C@@]1(C)[C@@H]3O.CC1(C)[C@H]2O[C@H](CI)C[C@]23CC[C@@]1(C)[C@@H]3O.CC1(C)[C@H]2O[C@H](CI)C[C@]23CC[C@@]1(C)[C@@H]3O.CC1(C)[C@H]2O[C@H](CI)C[C@]23CC[C@@]1(C)[C@@H]3O. The minimum Gasteiger partial charge on any atom is -0.392 e. The summed E-state index contributed by atoms with van der Waals surface area (Å²) in [6, 6.07) is 0. The lowest BCUT2D eigenvalue weighted by Crippen LogP contribution is -2.43. The molecular weight excluding hydrogens is 1260 g/mol. The molecule has 0 aromatic rings. The van der Waals surface area contributed by atoms with Crippen molar-refractivity contribution in [3.63, 3.8) is 0 Å². The highest BCUT2D eigenvalue weighted by molar-refractivity contribution is 14.1. The van der Waals surface area contributed by atoms with Gasteiger partial charge < -0.3 is 39.4 Å². The van der Waals surface area contributed by atoms with Gasteiger partial charge >= 0.3 is 0 Å². The first kappa shape index (κ1) is 51.5. The summed E-state index contributed by atoms with van der Waals surface area (Å²) in [5, 5.41) is 42.9. The van der Waals surface area contributed by atoms with E-state index in [4.69, 9.17) is 18.9 Å². The van der Waals surface area contributed by atoms with Crippen LogP contribution in [0.4, 0.5) is 0 Å². The summed E-state index contributed by atoms with van der Waals surface area (Å²) in [5.74, 6) is 0. The smallest absolute Gasteiger partial charge is 0.0718 e. The van der Waals surface area contributed by atoms with Crippen molar-refractivity contribution < 1.29 is 39.4 Å². The van der Waals surface area contributed by atoms with Crippen LogP contribution in [0.2, 0.25) is 0 Å². The summed E-state index contributed by atoms with van der Waals surface area (Å²) in [4.78, 5) is 0. The largest absolute Gasteiger partial charge is 0.392 e. The summed E-state index contributed by atoms with van der Waals surface area (Å²) in [7, 11) is 0. The molecule has 12 fully saturated rings. The van der Waals surface area contributed by atoms with E-state index in [1.165, 1.54) is 0 Å². The molecule has 0 unspecified atom stereocenters. The number of rotatable bonds is 4. The molecule has 368 valence electrons. The molecule has 8 saturated carbocycles. The summed E-state index contributed by atoms with van der Waals surface area (Å²) in [6.45, 7) is 27.3. The Morgan fingerprint density at radius 1 is 0.328 bits per heavy atom. The van der Waals surface area contributed by atoms with Gasteiger partial charge in [-0.2, -0.15) is 0 Å². The van der Waals surface area contributed by atoms with E-state index in [1.54, 1.807) is 0 Å². The quantitative estimate of drug-likeness (QED) is 0.162. The van der Waals surface area contributed by atoms with Crippen molar-refractivity contribution in [1.82, 2.24) is 0 Å². The van der Waals surface area contributed by atoms with E-state index in [2.05, 4.69) is 173 Å². The maximum atomic E-state index is 10.7. The summed E-state index contributed by atoms with van der Waals surface area (Å²) >= 11 is 9.61. The molecule has 8 nitrogen and oxygen atoms in total. The Morgan fingerprint density at radius 2 is 0.500 bits per heavy atom. The van der Waals surface area contributed by atoms with Crippen molar-refractivity contribution in [2.24, 2.45) is 65.0 Å². The van der Waals surface area contributed by atoms with Crippen LogP contribution >= 0.6 is 90.4 Å². The van der Waals surface area contributed by atoms with Crippen molar-refractivity contribution in [3.05, 3.63) is 0 Å². The van der Waals surface area contributed by atoms with Gasteiger partial charge in [-0.15, -0.1) is 0 Å². The van der Waals surface area contributed by atoms with Gasteiger partial charge in [0.15, 0.2) is 0 Å². The highest BCUT2D eigenvalue weighted by Crippen LogP contribution is 2.77. The van der Waals surface area contributed by atoms with Gasteiger partial charge in [-0.3, -0.25) is 0 Å². The molecule has 0 radical (unpaired) electrons. The molecule has 0 aromatic carbocycles. The molecule has 4 heterocycles. The minimum absolute atomic E-state index is 0.0634. The second kappa shape index (κ2) is 16.1. The maximum Gasteiger partial charge on any atom is 0.0718 e. The number of alkyl halides is 4. The van der Waals surface area contributed by atoms with E-state index in [-0.39, 0.29) is 114 Å². The molecule has 4 spiro atoms. The highest BCUT2D eigenvalue weighted by atomic mass is 127. The van der Waals surface area contributed by atoms with Crippen LogP contribution in [0, 0.1) is 65.0 Å². The van der Waals surface area contributed by atoms with Crippen molar-refractivity contribution in [2.75, 3.05) is 17.7 Å². The molecule has 0 aromatic heterocycles. The average molecular weight is 1340 g/mol. The van der Waals surface area contributed by atoms with Crippen molar-refractivity contribution >= 4 is 90.4 Å². The molecular formula is C52H84I4O8. The number of aliphatic hydroxyl groups is 4. The standard InChI is InChI=1S/4C13H21IO2/c4*1-11(2)10-13(6-8(7-14)16-10)5-4-12(11,3)9(13)15/h4*8-10,15H,4-7H2,1-3H3/t4*8-,9-,10+,12-,13-/m0000/s1. The predicted molar refractivity (Wildman–Crippen MR) is 287 cm³/mol. The Morgan fingerprint density at radius 3 is 0.641 bits per heavy atom. The lowest BCUT2D eigenvalue weighted by Gasteiger charge is -2.44. The zero-order chi connectivity index (χ0) is 47.1. The fraction of sp³-hybridized carbons (Fsp3) is 1.00. The molecule has 12 heteroatoms. The van der Waals surface area contributed by atoms with Crippen molar-refractivity contribution in [3.8, 4) is 0 Å². The summed E-state index contributed by atoms with van der Waals surface area (Å²) < 4.78 is 29.2. The fourth-order valence-corrected chi connectivity index (χ4v) is 21.1. The molecule has 8 bridgehead atoms. The first-order valence-corrected chi connectivity index (χ1v) is 31.2. The van der Waals surface area contributed by atoms with Crippen LogP contribution in [0.5, 0.6) is 0 Å². The van der Waals surface area contributed by atoms with Gasteiger partial charge in [0.05, 0.1) is 73.2 Å². The first-order chi connectivity index (χ1) is 29.5. The van der Waals surface area contributed by atoms with E-state index in [0.717, 1.165) is 94.8 Å². The number of hydrogen-bond acceptors (Lipinski definition) is 8. The van der Waals surface area contributed by atoms with Gasteiger partial charge in [-0.25, -0.2) is 0 Å². The second-order valence-electron chi connectivity index (χ2n) is 27.1. The molecule has 64 heavy (non-hydrogen) atoms. The van der Waals surface area contributed by atoms with E-state index < -0.39 is 0 Å². The van der Waals surface area contributed by atoms with Gasteiger partial charge in [0.1, 0.15) is 0 Å². The number of fused-ring (bicyclic) bond motifs is 4. The predicted octanol–water partition coefficient (Wildman–Crippen LogP) is 11.1. The van der Waals surface area contributed by atoms with Gasteiger partial charge in [0.25, 0.3) is 0 Å². The van der Waals surface area contributed by atoms with Crippen molar-refractivity contribution in [2.45, 2.75) is 233 Å². The van der Waals surface area contributed by atoms with Crippen LogP contribution in [-0.2, 0) is 18.9 Å². The molecule has 12 rings (SSSR count). The zero-order valence-electron chi connectivity index (χ0n) is 41.2. The van der Waals surface area contributed by atoms with Crippen LogP contribution < -0.4 is 0 Å². The summed E-state index contributed by atoms with van der Waals surface area (Å²) in [5.41, 5.74) is 1.03. The number of ether oxygens (including phenoxy) is 4. The summed E-state index contributed by atoms with van der Waals surface area (Å²) in [6.07, 6.45) is 15.5. The minimum atomic E-state index is -0.159. The van der Waals surface area contributed by atoms with Crippen LogP contribution in [0.1, 0.15) is 160 Å². The zero-order valence-corrected chi connectivity index (χ0v) is 49.8. The van der Waals surface area contributed by atoms with Gasteiger partial charge in [-0.1, -0.05) is 173 Å². The topological polar surface area (TPSA) is 118 Å². The van der Waals surface area contributed by atoms with Gasteiger partial charge in [0, 0.05) is 61.0 Å². The Balaban J connectivity index is 0.000000108. The van der Waals surface area contributed by atoms with E-state index in [0.29, 0.717) is 24.4 Å². The molecule has 12 aliphatic rings. The maximum absolute atomic E-state index is 10.7. The van der Waals surface area contributed by atoms with Gasteiger partial charge in [-0.05, 0) is 98.7 Å². The monoisotopic (exact) mass is 1340 g/mol. The average Bonchev–Trinajstić information content (AvgIpc) is 4.16. The lowest BCUT2D eigenvalue weighted by atomic mass is 9.63. The molecule has 4 N–H and O–H groups in total. The van der Waals surface area contributed by atoms with Gasteiger partial charge in [0.2, 0.25) is 0 Å². The Bertz CT molecular complexity index is 1580. The highest BCUT2D eigenvalue weighted by Gasteiger charge is 2.79. The number of aliphatic hydroxyl groups excluding tert-OH is 4. The number of hydrogen-bond donors (Lipinski definition) is 4. The third-order valence-corrected chi connectivity index (χ3v) is 28.0. The third-order valence-electron chi connectivity index (χ3n) is 24.1. The molecule has 8 aliphatic carbocycles. The Hall–Kier alpha value is 2.60. The molecule has 4 aliphatic heterocycles. The Kier molecular flexibility index (Phi) is 12.9. The Labute approximate surface area is 441 Å². The molecule has 4 saturated heterocycles. The normalized spacial score (nSPS) is 57.9. The van der Waals surface area contributed by atoms with Crippen LogP contribution in [-0.4, -0.2) is 111 Å². The third kappa shape index (κ3) is 6.12. The van der Waals surface area contributed by atoms with Crippen molar-refractivity contribution in [1.29, 1.82) is 0 Å².